The van der Waals surface area contributed by atoms with Crippen molar-refractivity contribution in [3.63, 3.8) is 0 Å². The van der Waals surface area contributed by atoms with Gasteiger partial charge in [-0.1, -0.05) is 0 Å². The van der Waals surface area contributed by atoms with Gasteiger partial charge in [-0.25, -0.2) is 0 Å². The Morgan fingerprint density at radius 3 is 2.84 bits per heavy atom. The summed E-state index contributed by atoms with van der Waals surface area (Å²) in [5.41, 5.74) is 0.354. The molecule has 0 aliphatic rings. The van der Waals surface area contributed by atoms with E-state index in [9.17, 15) is 4.79 Å². The molecule has 4 nitrogen and oxygen atoms in total. The van der Waals surface area contributed by atoms with Crippen molar-refractivity contribution in [3.8, 4) is 0 Å². The summed E-state index contributed by atoms with van der Waals surface area (Å²) in [4.78, 5) is 17.9. The van der Waals surface area contributed by atoms with E-state index in [0.29, 0.717) is 11.9 Å². The molecule has 96 valence electrons. The number of nitrogens with zero attached hydrogens (tertiary/aromatic N) is 2. The number of rotatable bonds is 4. The predicted molar refractivity (Wildman–Crippen MR) is 78.7 cm³/mol. The molecule has 6 heteroatoms. The van der Waals surface area contributed by atoms with Gasteiger partial charge in [0.15, 0.2) is 0 Å². The summed E-state index contributed by atoms with van der Waals surface area (Å²) in [6.45, 7) is 4.39. The molecular formula is C13H15N2NaO2S. The molecule has 0 saturated heterocycles. The summed E-state index contributed by atoms with van der Waals surface area (Å²) >= 11 is 1.01. The number of aromatic nitrogens is 2. The molecule has 0 saturated carbocycles. The molecule has 19 heavy (non-hydrogen) atoms. The van der Waals surface area contributed by atoms with Gasteiger partial charge >= 0.3 is 132 Å². The van der Waals surface area contributed by atoms with Crippen molar-refractivity contribution in [1.82, 2.24) is 9.55 Å². The average molecular weight is 286 g/mol. The summed E-state index contributed by atoms with van der Waals surface area (Å²) < 4.78 is 6.99. The molecule has 1 heterocycles. The Balaban J connectivity index is 2.53. The number of methoxy groups -OCH3 is 1. The minimum absolute atomic E-state index is 0.00677. The van der Waals surface area contributed by atoms with Gasteiger partial charge in [-0.15, -0.1) is 0 Å². The monoisotopic (exact) mass is 286 g/mol. The van der Waals surface area contributed by atoms with Crippen molar-refractivity contribution < 1.29 is 4.74 Å². The number of fused-ring (bicyclic) bond motifs is 1. The zero-order chi connectivity index (χ0) is 14.0. The molecular weight excluding hydrogens is 271 g/mol. The van der Waals surface area contributed by atoms with E-state index in [1.165, 1.54) is 0 Å². The molecule has 2 rings (SSSR count). The standard InChI is InChI=1S/C13H16N2O2S.Na/c1-13(2,17-3)7-15-8-14-11-5-4-9(18)6-10(11)12(15)16;/h4-6,8,18H,7H2,1-3H3;/q;+1/p-1. The molecule has 2 aromatic rings. The van der Waals surface area contributed by atoms with Crippen LogP contribution in [0.2, 0.25) is 0 Å². The molecule has 0 spiro atoms. The molecule has 0 N–H and O–H groups in total. The van der Waals surface area contributed by atoms with Crippen LogP contribution < -0.4 is 5.56 Å². The second-order valence-electron chi connectivity index (χ2n) is 5.02. The molecule has 0 amide bonds. The molecule has 0 aliphatic heterocycles. The first-order valence-electron chi connectivity index (χ1n) is 6.05. The summed E-state index contributed by atoms with van der Waals surface area (Å²) in [6, 6.07) is 5.84. The molecule has 0 unspecified atom stereocenters. The van der Waals surface area contributed by atoms with Crippen LogP contribution in [0.15, 0.2) is 34.2 Å². The first kappa shape index (κ1) is 15.1. The minimum atomic E-state index is -0.386. The van der Waals surface area contributed by atoms with Crippen molar-refractivity contribution in [2.45, 2.75) is 30.9 Å². The van der Waals surface area contributed by atoms with E-state index in [0.717, 1.165) is 36.8 Å². The van der Waals surface area contributed by atoms with E-state index in [1.807, 2.05) is 32.0 Å². The van der Waals surface area contributed by atoms with Gasteiger partial charge in [0, 0.05) is 0 Å². The van der Waals surface area contributed by atoms with Crippen LogP contribution >= 0.6 is 7.88 Å². The topological polar surface area (TPSA) is 44.1 Å². The Labute approximate surface area is 131 Å². The van der Waals surface area contributed by atoms with E-state index in [4.69, 9.17) is 4.74 Å². The SMILES string of the molecule is COC(C)(C)Cn1cnc2ccc([S][Na])cc2c1=O. The van der Waals surface area contributed by atoms with Crippen molar-refractivity contribution in [1.29, 1.82) is 0 Å². The molecule has 0 atom stereocenters. The third kappa shape index (κ3) is 3.41. The van der Waals surface area contributed by atoms with E-state index < -0.39 is 0 Å². The number of hydrogen-bond donors (Lipinski definition) is 0. The van der Waals surface area contributed by atoms with Crippen LogP contribution in [-0.4, -0.2) is 48.6 Å². The van der Waals surface area contributed by atoms with Crippen LogP contribution in [0.25, 0.3) is 10.9 Å². The maximum atomic E-state index is 12.5. The van der Waals surface area contributed by atoms with Gasteiger partial charge in [-0.05, 0) is 0 Å². The quantitative estimate of drug-likeness (QED) is 0.806. The van der Waals surface area contributed by atoms with Crippen LogP contribution in [0, 0.1) is 0 Å². The van der Waals surface area contributed by atoms with Gasteiger partial charge in [0.1, 0.15) is 0 Å². The molecule has 1 aromatic heterocycles. The van der Waals surface area contributed by atoms with E-state index in [2.05, 4.69) is 4.98 Å². The van der Waals surface area contributed by atoms with Gasteiger partial charge in [0.2, 0.25) is 0 Å². The fourth-order valence-corrected chi connectivity index (χ4v) is 3.05. The predicted octanol–water partition coefficient (Wildman–Crippen LogP) is 2.00. The van der Waals surface area contributed by atoms with Crippen LogP contribution in [0.4, 0.5) is 0 Å². The van der Waals surface area contributed by atoms with Crippen molar-refractivity contribution in [3.05, 3.63) is 34.9 Å². The molecule has 0 radical (unpaired) electrons. The normalized spacial score (nSPS) is 12.1. The summed E-state index contributed by atoms with van der Waals surface area (Å²) in [6.07, 6.45) is 1.60. The summed E-state index contributed by atoms with van der Waals surface area (Å²) in [5.74, 6) is 0. The first-order valence-corrected chi connectivity index (χ1v) is 9.72. The van der Waals surface area contributed by atoms with Crippen molar-refractivity contribution in [2.24, 2.45) is 0 Å². The molecule has 0 aliphatic carbocycles. The maximum absolute atomic E-state index is 12.5. The fourth-order valence-electron chi connectivity index (χ4n) is 1.85. The van der Waals surface area contributed by atoms with E-state index >= 15 is 0 Å². The van der Waals surface area contributed by atoms with Crippen molar-refractivity contribution >= 4 is 45.1 Å². The Hall–Kier alpha value is -0.330. The molecule has 1 aromatic carbocycles. The van der Waals surface area contributed by atoms with Crippen LogP contribution in [0.5, 0.6) is 0 Å². The number of benzene rings is 1. The Morgan fingerprint density at radius 1 is 1.47 bits per heavy atom. The zero-order valence-corrected chi connectivity index (χ0v) is 14.5. The van der Waals surface area contributed by atoms with Gasteiger partial charge in [-0.3, -0.25) is 0 Å². The average Bonchev–Trinajstić information content (AvgIpc) is 2.41. The third-order valence-electron chi connectivity index (χ3n) is 3.13. The Bertz CT molecular complexity index is 655. The summed E-state index contributed by atoms with van der Waals surface area (Å²) in [5, 5.41) is 0.676. The molecule has 0 bridgehead atoms. The first-order chi connectivity index (χ1) is 8.96. The second kappa shape index (κ2) is 5.97. The zero-order valence-electron chi connectivity index (χ0n) is 11.6. The van der Waals surface area contributed by atoms with Crippen LogP contribution in [0.3, 0.4) is 0 Å². The number of ether oxygens (including phenoxy) is 1. The van der Waals surface area contributed by atoms with E-state index in [-0.39, 0.29) is 11.2 Å². The van der Waals surface area contributed by atoms with Crippen LogP contribution in [-0.2, 0) is 11.3 Å². The van der Waals surface area contributed by atoms with Gasteiger partial charge in [0.25, 0.3) is 0 Å². The van der Waals surface area contributed by atoms with Crippen LogP contribution in [0.1, 0.15) is 13.8 Å². The molecule has 0 fully saturated rings. The number of hydrogen-bond acceptors (Lipinski definition) is 4. The Morgan fingerprint density at radius 2 is 2.21 bits per heavy atom. The van der Waals surface area contributed by atoms with Crippen molar-refractivity contribution in [2.75, 3.05) is 7.11 Å². The third-order valence-corrected chi connectivity index (χ3v) is 5.27. The fraction of sp³-hybridized carbons (Fsp3) is 0.385. The second-order valence-corrected chi connectivity index (χ2v) is 7.13. The Kier molecular flexibility index (Phi) is 4.74. The van der Waals surface area contributed by atoms with Gasteiger partial charge in [-0.2, -0.15) is 0 Å². The van der Waals surface area contributed by atoms with E-state index in [1.54, 1.807) is 25.9 Å². The van der Waals surface area contributed by atoms with Gasteiger partial charge in [0.05, 0.1) is 0 Å². The summed E-state index contributed by atoms with van der Waals surface area (Å²) in [7, 11) is 3.40. The van der Waals surface area contributed by atoms with Gasteiger partial charge < -0.3 is 0 Å².